The van der Waals surface area contributed by atoms with Crippen molar-refractivity contribution in [3.05, 3.63) is 36.2 Å². The first-order chi connectivity index (χ1) is 9.29. The van der Waals surface area contributed by atoms with Crippen LogP contribution >= 0.6 is 0 Å². The van der Waals surface area contributed by atoms with E-state index in [-0.39, 0.29) is 16.4 Å². The number of carboxylic acid groups (broad SMARTS) is 1. The van der Waals surface area contributed by atoms with E-state index in [4.69, 9.17) is 10.8 Å². The molecule has 1 heterocycles. The van der Waals surface area contributed by atoms with Crippen LogP contribution in [-0.4, -0.2) is 35.7 Å². The fourth-order valence-electron chi connectivity index (χ4n) is 1.57. The quantitative estimate of drug-likeness (QED) is 0.858. The molecule has 3 N–H and O–H groups in total. The summed E-state index contributed by atoms with van der Waals surface area (Å²) < 4.78 is 22.7. The normalized spacial score (nSPS) is 11.2. The molecule has 0 aliphatic rings. The Kier molecular flexibility index (Phi) is 3.41. The molecular weight excluding hydrogens is 282 g/mol. The Bertz CT molecular complexity index is 770. The number of benzene rings is 1. The van der Waals surface area contributed by atoms with Gasteiger partial charge in [0.05, 0.1) is 16.8 Å². The van der Waals surface area contributed by atoms with Crippen LogP contribution in [0.4, 0.5) is 5.82 Å². The van der Waals surface area contributed by atoms with E-state index in [0.717, 1.165) is 6.26 Å². The summed E-state index contributed by atoms with van der Waals surface area (Å²) in [5.41, 5.74) is 5.93. The largest absolute Gasteiger partial charge is 0.476 e. The van der Waals surface area contributed by atoms with Crippen molar-refractivity contribution in [3.8, 4) is 11.3 Å². The van der Waals surface area contributed by atoms with Gasteiger partial charge in [0, 0.05) is 11.8 Å². The van der Waals surface area contributed by atoms with Crippen molar-refractivity contribution < 1.29 is 18.3 Å². The first kappa shape index (κ1) is 13.9. The number of hydrogen-bond acceptors (Lipinski definition) is 6. The molecule has 0 fully saturated rings. The molecule has 0 bridgehead atoms. The van der Waals surface area contributed by atoms with E-state index in [0.29, 0.717) is 11.3 Å². The molecule has 1 aromatic carbocycles. The summed E-state index contributed by atoms with van der Waals surface area (Å²) in [6, 6.07) is 5.90. The lowest BCUT2D eigenvalue weighted by atomic mass is 10.1. The predicted octanol–water partition coefficient (Wildman–Crippen LogP) is 0.828. The highest BCUT2D eigenvalue weighted by molar-refractivity contribution is 7.90. The molecule has 20 heavy (non-hydrogen) atoms. The van der Waals surface area contributed by atoms with Crippen LogP contribution in [0.2, 0.25) is 0 Å². The highest BCUT2D eigenvalue weighted by Gasteiger charge is 2.13. The molecule has 0 spiro atoms. The fraction of sp³-hybridized carbons (Fsp3) is 0.0833. The summed E-state index contributed by atoms with van der Waals surface area (Å²) in [5.74, 6) is -1.45. The minimum Gasteiger partial charge on any atom is -0.476 e. The van der Waals surface area contributed by atoms with Gasteiger partial charge in [0.2, 0.25) is 0 Å². The van der Waals surface area contributed by atoms with Crippen molar-refractivity contribution >= 4 is 21.6 Å². The van der Waals surface area contributed by atoms with Crippen LogP contribution in [0.15, 0.2) is 35.4 Å². The van der Waals surface area contributed by atoms with E-state index in [1.165, 1.54) is 30.5 Å². The van der Waals surface area contributed by atoms with Crippen LogP contribution in [0.3, 0.4) is 0 Å². The summed E-state index contributed by atoms with van der Waals surface area (Å²) in [6.45, 7) is 0. The first-order valence-corrected chi connectivity index (χ1v) is 7.34. The number of carboxylic acids is 1. The van der Waals surface area contributed by atoms with Gasteiger partial charge in [0.25, 0.3) is 0 Å². The molecule has 0 saturated carbocycles. The number of rotatable bonds is 3. The molecule has 2 rings (SSSR count). The Morgan fingerprint density at radius 3 is 2.35 bits per heavy atom. The van der Waals surface area contributed by atoms with E-state index in [1.54, 1.807) is 0 Å². The predicted molar refractivity (Wildman–Crippen MR) is 71.9 cm³/mol. The monoisotopic (exact) mass is 293 g/mol. The third-order valence-electron chi connectivity index (χ3n) is 2.58. The van der Waals surface area contributed by atoms with Crippen molar-refractivity contribution in [2.45, 2.75) is 4.90 Å². The van der Waals surface area contributed by atoms with E-state index in [2.05, 4.69) is 9.97 Å². The van der Waals surface area contributed by atoms with E-state index in [9.17, 15) is 13.2 Å². The maximum atomic E-state index is 11.3. The topological polar surface area (TPSA) is 123 Å². The van der Waals surface area contributed by atoms with Crippen molar-refractivity contribution in [2.24, 2.45) is 0 Å². The van der Waals surface area contributed by atoms with Gasteiger partial charge in [-0.1, -0.05) is 12.1 Å². The molecule has 0 unspecified atom stereocenters. The number of nitrogens with two attached hydrogens (primary N) is 1. The molecule has 0 aliphatic carbocycles. The second kappa shape index (κ2) is 4.89. The number of sulfone groups is 1. The number of carbonyl (C=O) groups is 1. The van der Waals surface area contributed by atoms with Gasteiger partial charge >= 0.3 is 5.97 Å². The standard InChI is InChI=1S/C12H11N3O4S/c1-20(18,19)8-4-2-7(3-5-8)9-6-14-11(13)10(15-9)12(16)17/h2-6H,1H3,(H2,13,14)(H,16,17). The average Bonchev–Trinajstić information content (AvgIpc) is 2.38. The summed E-state index contributed by atoms with van der Waals surface area (Å²) in [4.78, 5) is 18.8. The number of nitrogen functional groups attached to an aromatic ring is 1. The summed E-state index contributed by atoms with van der Waals surface area (Å²) in [6.07, 6.45) is 2.44. The van der Waals surface area contributed by atoms with Crippen LogP contribution in [0.1, 0.15) is 10.5 Å². The lowest BCUT2D eigenvalue weighted by Crippen LogP contribution is -2.08. The highest BCUT2D eigenvalue weighted by atomic mass is 32.2. The van der Waals surface area contributed by atoms with Gasteiger partial charge in [-0.15, -0.1) is 0 Å². The van der Waals surface area contributed by atoms with Crippen LogP contribution in [0, 0.1) is 0 Å². The van der Waals surface area contributed by atoms with Crippen molar-refractivity contribution in [2.75, 3.05) is 12.0 Å². The molecule has 8 heteroatoms. The zero-order valence-corrected chi connectivity index (χ0v) is 11.3. The van der Waals surface area contributed by atoms with Gasteiger partial charge in [-0.25, -0.2) is 23.2 Å². The molecule has 0 amide bonds. The number of hydrogen-bond donors (Lipinski definition) is 2. The fourth-order valence-corrected chi connectivity index (χ4v) is 2.20. The molecule has 2 aromatic rings. The summed E-state index contributed by atoms with van der Waals surface area (Å²) >= 11 is 0. The molecular formula is C12H11N3O4S. The summed E-state index contributed by atoms with van der Waals surface area (Å²) in [5, 5.41) is 8.93. The maximum absolute atomic E-state index is 11.3. The van der Waals surface area contributed by atoms with Crippen molar-refractivity contribution in [3.63, 3.8) is 0 Å². The molecule has 104 valence electrons. The van der Waals surface area contributed by atoms with Crippen LogP contribution in [-0.2, 0) is 9.84 Å². The Morgan fingerprint density at radius 2 is 1.85 bits per heavy atom. The number of aromatic carboxylic acids is 1. The second-order valence-electron chi connectivity index (χ2n) is 4.09. The lowest BCUT2D eigenvalue weighted by Gasteiger charge is -2.05. The second-order valence-corrected chi connectivity index (χ2v) is 6.11. The third-order valence-corrected chi connectivity index (χ3v) is 3.71. The Balaban J connectivity index is 2.47. The number of nitrogens with zero attached hydrogens (tertiary/aromatic N) is 2. The van der Waals surface area contributed by atoms with Gasteiger partial charge in [-0.05, 0) is 12.1 Å². The van der Waals surface area contributed by atoms with Gasteiger partial charge in [-0.3, -0.25) is 0 Å². The Labute approximate surface area is 115 Å². The average molecular weight is 293 g/mol. The Morgan fingerprint density at radius 1 is 1.25 bits per heavy atom. The maximum Gasteiger partial charge on any atom is 0.358 e. The molecule has 7 nitrogen and oxygen atoms in total. The zero-order valence-electron chi connectivity index (χ0n) is 10.4. The van der Waals surface area contributed by atoms with Gasteiger partial charge in [0.1, 0.15) is 0 Å². The van der Waals surface area contributed by atoms with Crippen molar-refractivity contribution in [1.29, 1.82) is 0 Å². The van der Waals surface area contributed by atoms with Gasteiger partial charge in [0.15, 0.2) is 21.3 Å². The molecule has 0 radical (unpaired) electrons. The lowest BCUT2D eigenvalue weighted by molar-refractivity contribution is 0.0691. The summed E-state index contributed by atoms with van der Waals surface area (Å²) in [7, 11) is -3.28. The van der Waals surface area contributed by atoms with E-state index in [1.807, 2.05) is 0 Å². The highest BCUT2D eigenvalue weighted by Crippen LogP contribution is 2.20. The van der Waals surface area contributed by atoms with Crippen molar-refractivity contribution in [1.82, 2.24) is 9.97 Å². The van der Waals surface area contributed by atoms with Crippen LogP contribution in [0.5, 0.6) is 0 Å². The number of anilines is 1. The molecule has 0 aliphatic heterocycles. The first-order valence-electron chi connectivity index (χ1n) is 5.45. The van der Waals surface area contributed by atoms with E-state index >= 15 is 0 Å². The Hall–Kier alpha value is -2.48. The molecule has 0 saturated heterocycles. The zero-order chi connectivity index (χ0) is 14.9. The van der Waals surface area contributed by atoms with Crippen LogP contribution in [0.25, 0.3) is 11.3 Å². The third kappa shape index (κ3) is 2.75. The van der Waals surface area contributed by atoms with Gasteiger partial charge in [-0.2, -0.15) is 0 Å². The van der Waals surface area contributed by atoms with Crippen LogP contribution < -0.4 is 5.73 Å². The smallest absolute Gasteiger partial charge is 0.358 e. The number of aromatic nitrogens is 2. The minimum absolute atomic E-state index is 0.170. The van der Waals surface area contributed by atoms with E-state index < -0.39 is 15.8 Å². The van der Waals surface area contributed by atoms with Gasteiger partial charge < -0.3 is 10.8 Å². The SMILES string of the molecule is CS(=O)(=O)c1ccc(-c2cnc(N)c(C(=O)O)n2)cc1. The molecule has 1 aromatic heterocycles. The minimum atomic E-state index is -3.28. The molecule has 0 atom stereocenters.